The van der Waals surface area contributed by atoms with E-state index in [2.05, 4.69) is 10.6 Å². The molecule has 120 valence electrons. The van der Waals surface area contributed by atoms with Gasteiger partial charge in [-0.1, -0.05) is 25.0 Å². The Bertz CT molecular complexity index is 532. The van der Waals surface area contributed by atoms with Crippen molar-refractivity contribution >= 4 is 5.91 Å². The summed E-state index contributed by atoms with van der Waals surface area (Å²) in [4.78, 5) is 12.7. The van der Waals surface area contributed by atoms with E-state index in [0.29, 0.717) is 19.1 Å². The van der Waals surface area contributed by atoms with E-state index in [4.69, 9.17) is 4.74 Å². The van der Waals surface area contributed by atoms with Crippen LogP contribution in [-0.2, 0) is 4.79 Å². The second-order valence-corrected chi connectivity index (χ2v) is 6.65. The molecule has 2 atom stereocenters. The number of nitrogens with one attached hydrogen (secondary N) is 2. The van der Waals surface area contributed by atoms with Gasteiger partial charge < -0.3 is 15.4 Å². The summed E-state index contributed by atoms with van der Waals surface area (Å²) in [6.07, 6.45) is 4.64. The molecule has 1 saturated carbocycles. The van der Waals surface area contributed by atoms with Crippen molar-refractivity contribution in [2.24, 2.45) is 11.3 Å². The van der Waals surface area contributed by atoms with Crippen LogP contribution in [0.3, 0.4) is 0 Å². The number of rotatable bonds is 5. The number of fused-ring (bicyclic) bond motifs is 1. The molecular formula is C18H26N2O2. The van der Waals surface area contributed by atoms with Gasteiger partial charge in [0.15, 0.2) is 0 Å². The van der Waals surface area contributed by atoms with E-state index in [-0.39, 0.29) is 11.3 Å². The van der Waals surface area contributed by atoms with Gasteiger partial charge in [0.25, 0.3) is 0 Å². The van der Waals surface area contributed by atoms with Gasteiger partial charge in [-0.15, -0.1) is 0 Å². The molecule has 2 aliphatic rings. The molecule has 3 rings (SSSR count). The van der Waals surface area contributed by atoms with Crippen LogP contribution in [0.5, 0.6) is 5.75 Å². The number of hydrogen-bond acceptors (Lipinski definition) is 3. The van der Waals surface area contributed by atoms with E-state index in [9.17, 15) is 4.79 Å². The Balaban J connectivity index is 1.48. The zero-order valence-corrected chi connectivity index (χ0v) is 13.4. The topological polar surface area (TPSA) is 50.4 Å². The molecular weight excluding hydrogens is 276 g/mol. The van der Waals surface area contributed by atoms with Crippen LogP contribution in [0.25, 0.3) is 0 Å². The fourth-order valence-electron chi connectivity index (χ4n) is 3.91. The lowest BCUT2D eigenvalue weighted by atomic mass is 9.67. The summed E-state index contributed by atoms with van der Waals surface area (Å²) in [7, 11) is 0. The highest BCUT2D eigenvalue weighted by Gasteiger charge is 2.49. The summed E-state index contributed by atoms with van der Waals surface area (Å²) >= 11 is 0. The molecule has 0 spiro atoms. The Kier molecular flexibility index (Phi) is 4.67. The third kappa shape index (κ3) is 3.12. The molecule has 4 nitrogen and oxygen atoms in total. The molecule has 0 bridgehead atoms. The maximum Gasteiger partial charge on any atom is 0.227 e. The lowest BCUT2D eigenvalue weighted by Crippen LogP contribution is -2.48. The molecule has 0 radical (unpaired) electrons. The minimum Gasteiger partial charge on any atom is -0.492 e. The van der Waals surface area contributed by atoms with E-state index in [0.717, 1.165) is 25.3 Å². The number of carbonyl (C=O) groups is 1. The van der Waals surface area contributed by atoms with Crippen LogP contribution in [0.15, 0.2) is 24.3 Å². The Labute approximate surface area is 132 Å². The molecule has 1 aliphatic carbocycles. The predicted molar refractivity (Wildman–Crippen MR) is 86.9 cm³/mol. The van der Waals surface area contributed by atoms with Crippen LogP contribution >= 0.6 is 0 Å². The summed E-state index contributed by atoms with van der Waals surface area (Å²) in [5.74, 6) is 1.60. The van der Waals surface area contributed by atoms with Crippen molar-refractivity contribution in [3.05, 3.63) is 29.8 Å². The van der Waals surface area contributed by atoms with Crippen LogP contribution in [-0.4, -0.2) is 32.1 Å². The summed E-state index contributed by atoms with van der Waals surface area (Å²) in [5, 5.41) is 6.51. The van der Waals surface area contributed by atoms with Crippen molar-refractivity contribution in [1.29, 1.82) is 0 Å². The van der Waals surface area contributed by atoms with Gasteiger partial charge in [-0.2, -0.15) is 0 Å². The van der Waals surface area contributed by atoms with E-state index >= 15 is 0 Å². The van der Waals surface area contributed by atoms with Gasteiger partial charge in [-0.3, -0.25) is 4.79 Å². The monoisotopic (exact) mass is 302 g/mol. The maximum absolute atomic E-state index is 12.7. The van der Waals surface area contributed by atoms with E-state index in [1.54, 1.807) is 0 Å². The molecule has 1 aromatic rings. The van der Waals surface area contributed by atoms with Crippen LogP contribution in [0.1, 0.15) is 31.2 Å². The van der Waals surface area contributed by atoms with Crippen molar-refractivity contribution in [2.75, 3.05) is 26.2 Å². The fraction of sp³-hybridized carbons (Fsp3) is 0.611. The van der Waals surface area contributed by atoms with Crippen LogP contribution in [0.2, 0.25) is 0 Å². The molecule has 1 heterocycles. The number of ether oxygens (including phenoxy) is 1. The number of amides is 1. The quantitative estimate of drug-likeness (QED) is 0.820. The van der Waals surface area contributed by atoms with Crippen LogP contribution in [0.4, 0.5) is 0 Å². The minimum atomic E-state index is -0.165. The number of carbonyl (C=O) groups excluding carboxylic acids is 1. The Morgan fingerprint density at radius 3 is 3.23 bits per heavy atom. The van der Waals surface area contributed by atoms with E-state index in [1.807, 2.05) is 31.2 Å². The van der Waals surface area contributed by atoms with Crippen molar-refractivity contribution < 1.29 is 9.53 Å². The molecule has 1 saturated heterocycles. The van der Waals surface area contributed by atoms with E-state index < -0.39 is 0 Å². The lowest BCUT2D eigenvalue weighted by Gasteiger charge is -2.37. The lowest BCUT2D eigenvalue weighted by molar-refractivity contribution is -0.134. The highest BCUT2D eigenvalue weighted by atomic mass is 16.5. The Hall–Kier alpha value is -1.55. The average Bonchev–Trinajstić information content (AvgIpc) is 2.96. The predicted octanol–water partition coefficient (Wildman–Crippen LogP) is 2.27. The van der Waals surface area contributed by atoms with Gasteiger partial charge >= 0.3 is 0 Å². The second-order valence-electron chi connectivity index (χ2n) is 6.65. The zero-order chi connectivity index (χ0) is 15.4. The first kappa shape index (κ1) is 15.3. The molecule has 0 unspecified atom stereocenters. The van der Waals surface area contributed by atoms with E-state index in [1.165, 1.54) is 24.8 Å². The third-order valence-electron chi connectivity index (χ3n) is 5.14. The van der Waals surface area contributed by atoms with Crippen LogP contribution in [0, 0.1) is 18.3 Å². The van der Waals surface area contributed by atoms with Crippen molar-refractivity contribution in [1.82, 2.24) is 10.6 Å². The first-order valence-corrected chi connectivity index (χ1v) is 8.39. The highest BCUT2D eigenvalue weighted by molar-refractivity contribution is 5.83. The summed E-state index contributed by atoms with van der Waals surface area (Å²) in [5.41, 5.74) is 1.02. The van der Waals surface area contributed by atoms with Gasteiger partial charge in [0.2, 0.25) is 5.91 Å². The number of aryl methyl sites for hydroxylation is 1. The SMILES string of the molecule is Cc1cccc(OCCNC(=O)[C@@]23CCCC[C@H]2CNC3)c1. The largest absolute Gasteiger partial charge is 0.492 e. The van der Waals surface area contributed by atoms with Gasteiger partial charge in [0, 0.05) is 6.54 Å². The number of benzene rings is 1. The summed E-state index contributed by atoms with van der Waals surface area (Å²) in [6.45, 7) is 4.96. The normalized spacial score (nSPS) is 27.2. The highest BCUT2D eigenvalue weighted by Crippen LogP contribution is 2.43. The number of hydrogen-bond donors (Lipinski definition) is 2. The van der Waals surface area contributed by atoms with Crippen molar-refractivity contribution in [2.45, 2.75) is 32.6 Å². The standard InChI is InChI=1S/C18H26N2O2/c1-14-5-4-7-16(11-14)22-10-9-20-17(21)18-8-3-2-6-15(18)12-19-13-18/h4-5,7,11,15,19H,2-3,6,8-10,12-13H2,1H3,(H,20,21)/t15-,18+/m0/s1. The average molecular weight is 302 g/mol. The third-order valence-corrected chi connectivity index (χ3v) is 5.14. The molecule has 1 aliphatic heterocycles. The molecule has 1 amide bonds. The summed E-state index contributed by atoms with van der Waals surface area (Å²) < 4.78 is 5.70. The molecule has 4 heteroatoms. The maximum atomic E-state index is 12.7. The first-order chi connectivity index (χ1) is 10.7. The fourth-order valence-corrected chi connectivity index (χ4v) is 3.91. The second kappa shape index (κ2) is 6.69. The van der Waals surface area contributed by atoms with Gasteiger partial charge in [0.1, 0.15) is 12.4 Å². The van der Waals surface area contributed by atoms with Gasteiger partial charge in [0.05, 0.1) is 12.0 Å². The molecule has 1 aromatic carbocycles. The van der Waals surface area contributed by atoms with Crippen LogP contribution < -0.4 is 15.4 Å². The summed E-state index contributed by atoms with van der Waals surface area (Å²) in [6, 6.07) is 7.99. The Morgan fingerprint density at radius 2 is 2.36 bits per heavy atom. The Morgan fingerprint density at radius 1 is 1.45 bits per heavy atom. The molecule has 0 aromatic heterocycles. The van der Waals surface area contributed by atoms with Crippen molar-refractivity contribution in [3.8, 4) is 5.75 Å². The van der Waals surface area contributed by atoms with Gasteiger partial charge in [-0.25, -0.2) is 0 Å². The smallest absolute Gasteiger partial charge is 0.227 e. The molecule has 22 heavy (non-hydrogen) atoms. The van der Waals surface area contributed by atoms with Crippen molar-refractivity contribution in [3.63, 3.8) is 0 Å². The molecule has 2 fully saturated rings. The first-order valence-electron chi connectivity index (χ1n) is 8.39. The minimum absolute atomic E-state index is 0.165. The van der Waals surface area contributed by atoms with Gasteiger partial charge in [-0.05, 0) is 49.9 Å². The zero-order valence-electron chi connectivity index (χ0n) is 13.4. The molecule has 2 N–H and O–H groups in total.